The molecule has 56 valence electrons. The topological polar surface area (TPSA) is 37.3 Å². The van der Waals surface area contributed by atoms with Crippen LogP contribution in [0.4, 0.5) is 0 Å². The molecule has 1 atom stereocenters. The zero-order chi connectivity index (χ0) is 7.61. The molecule has 1 aromatic rings. The molecule has 0 saturated carbocycles. The van der Waals surface area contributed by atoms with Crippen LogP contribution in [0.2, 0.25) is 0 Å². The first kappa shape index (κ1) is 8.28. The predicted octanol–water partition coefficient (Wildman–Crippen LogP) is 2.67. The second-order valence-corrected chi connectivity index (χ2v) is 6.02. The minimum absolute atomic E-state index is 0.0756. The largest absolute Gasteiger partial charge is 0.333 e. The van der Waals surface area contributed by atoms with Crippen molar-refractivity contribution in [2.75, 3.05) is 0 Å². The van der Waals surface area contributed by atoms with E-state index in [1.54, 1.807) is 6.07 Å². The molecule has 2 nitrogen and oxygen atoms in total. The van der Waals surface area contributed by atoms with Gasteiger partial charge in [0.1, 0.15) is 0 Å². The maximum absolute atomic E-state index is 10.6. The summed E-state index contributed by atoms with van der Waals surface area (Å²) in [4.78, 5) is 9.57. The van der Waals surface area contributed by atoms with Crippen molar-refractivity contribution < 1.29 is 9.46 Å². The minimum atomic E-state index is -3.37. The number of thiophene rings is 1. The van der Waals surface area contributed by atoms with E-state index >= 15 is 0 Å². The normalized spacial score (nSPS) is 16.6. The lowest BCUT2D eigenvalue weighted by Gasteiger charge is -1.97. The van der Waals surface area contributed by atoms with Crippen molar-refractivity contribution in [3.63, 3.8) is 0 Å². The van der Waals surface area contributed by atoms with E-state index in [4.69, 9.17) is 16.1 Å². The Bertz CT molecular complexity index is 240. The van der Waals surface area contributed by atoms with Gasteiger partial charge in [0.25, 0.3) is 6.72 Å². The van der Waals surface area contributed by atoms with Gasteiger partial charge in [-0.05, 0) is 22.7 Å². The molecule has 1 aromatic heterocycles. The zero-order valence-corrected chi connectivity index (χ0v) is 7.49. The fourth-order valence-corrected chi connectivity index (χ4v) is 3.00. The van der Waals surface area contributed by atoms with E-state index in [1.165, 1.54) is 11.3 Å². The summed E-state index contributed by atoms with van der Waals surface area (Å²) in [6.45, 7) is -3.37. The van der Waals surface area contributed by atoms with Crippen molar-refractivity contribution in [1.29, 1.82) is 0 Å². The average Bonchev–Trinajstić information content (AvgIpc) is 2.12. The zero-order valence-electron chi connectivity index (χ0n) is 5.03. The molecule has 1 rings (SSSR count). The standard InChI is InChI=1S/C5H6ClO2PS/c6-9(7,8)4-5-2-1-3-10-5/h1-3H,4H2,(H,7,8). The first-order valence-electron chi connectivity index (χ1n) is 2.62. The van der Waals surface area contributed by atoms with Crippen LogP contribution in [0.5, 0.6) is 0 Å². The molecule has 1 unspecified atom stereocenters. The Morgan fingerprint density at radius 3 is 2.90 bits per heavy atom. The van der Waals surface area contributed by atoms with E-state index in [-0.39, 0.29) is 6.16 Å². The Kier molecular flexibility index (Phi) is 2.53. The fraction of sp³-hybridized carbons (Fsp3) is 0.200. The molecule has 0 spiro atoms. The number of rotatable bonds is 2. The van der Waals surface area contributed by atoms with Crippen molar-refractivity contribution in [2.45, 2.75) is 6.16 Å². The van der Waals surface area contributed by atoms with Crippen LogP contribution in [0.25, 0.3) is 0 Å². The van der Waals surface area contributed by atoms with E-state index in [2.05, 4.69) is 0 Å². The van der Waals surface area contributed by atoms with Gasteiger partial charge in [-0.3, -0.25) is 4.57 Å². The number of hydrogen-bond donors (Lipinski definition) is 1. The lowest BCUT2D eigenvalue weighted by Crippen LogP contribution is -1.74. The molecule has 10 heavy (non-hydrogen) atoms. The highest BCUT2D eigenvalue weighted by Crippen LogP contribution is 2.50. The Hall–Kier alpha value is 0.180. The first-order valence-corrected chi connectivity index (χ1v) is 6.25. The highest BCUT2D eigenvalue weighted by molar-refractivity contribution is 7.84. The Labute approximate surface area is 67.7 Å². The third kappa shape index (κ3) is 2.84. The van der Waals surface area contributed by atoms with Crippen LogP contribution < -0.4 is 0 Å². The van der Waals surface area contributed by atoms with Gasteiger partial charge in [0, 0.05) is 4.88 Å². The molecule has 0 fully saturated rings. The third-order valence-electron chi connectivity index (χ3n) is 0.931. The quantitative estimate of drug-likeness (QED) is 0.739. The highest BCUT2D eigenvalue weighted by atomic mass is 35.7. The minimum Gasteiger partial charge on any atom is -0.333 e. The van der Waals surface area contributed by atoms with Crippen molar-refractivity contribution in [2.24, 2.45) is 0 Å². The third-order valence-corrected chi connectivity index (χ3v) is 3.11. The second kappa shape index (κ2) is 3.05. The SMILES string of the molecule is O=P(O)(Cl)Cc1cccs1. The summed E-state index contributed by atoms with van der Waals surface area (Å²) in [7, 11) is 0. The van der Waals surface area contributed by atoms with Crippen LogP contribution in [0.15, 0.2) is 17.5 Å². The van der Waals surface area contributed by atoms with Gasteiger partial charge < -0.3 is 4.89 Å². The molecular weight excluding hydrogens is 191 g/mol. The first-order chi connectivity index (χ1) is 4.58. The summed E-state index contributed by atoms with van der Waals surface area (Å²) >= 11 is 6.58. The molecule has 0 radical (unpaired) electrons. The van der Waals surface area contributed by atoms with Crippen LogP contribution in [0.3, 0.4) is 0 Å². The van der Waals surface area contributed by atoms with E-state index in [0.717, 1.165) is 4.88 Å². The van der Waals surface area contributed by atoms with E-state index in [1.807, 2.05) is 11.4 Å². The van der Waals surface area contributed by atoms with Gasteiger partial charge >= 0.3 is 0 Å². The molecule has 0 saturated heterocycles. The highest BCUT2D eigenvalue weighted by Gasteiger charge is 2.13. The Morgan fingerprint density at radius 2 is 2.50 bits per heavy atom. The summed E-state index contributed by atoms with van der Waals surface area (Å²) in [6, 6.07) is 3.61. The van der Waals surface area contributed by atoms with E-state index in [9.17, 15) is 4.57 Å². The van der Waals surface area contributed by atoms with Gasteiger partial charge in [-0.1, -0.05) is 6.07 Å². The molecule has 0 aromatic carbocycles. The molecule has 0 aliphatic heterocycles. The number of hydrogen-bond acceptors (Lipinski definition) is 2. The lowest BCUT2D eigenvalue weighted by molar-refractivity contribution is 0.495. The van der Waals surface area contributed by atoms with Gasteiger partial charge in [0.2, 0.25) is 0 Å². The summed E-state index contributed by atoms with van der Waals surface area (Å²) in [6.07, 6.45) is 0.0756. The van der Waals surface area contributed by atoms with Crippen molar-refractivity contribution in [3.8, 4) is 0 Å². The lowest BCUT2D eigenvalue weighted by atomic mass is 10.5. The van der Waals surface area contributed by atoms with Crippen molar-refractivity contribution in [1.82, 2.24) is 0 Å². The van der Waals surface area contributed by atoms with Crippen LogP contribution in [0.1, 0.15) is 4.88 Å². The van der Waals surface area contributed by atoms with Crippen molar-refractivity contribution in [3.05, 3.63) is 22.4 Å². The molecular formula is C5H6ClO2PS. The van der Waals surface area contributed by atoms with Gasteiger partial charge in [0.05, 0.1) is 6.16 Å². The number of halogens is 1. The van der Waals surface area contributed by atoms with E-state index < -0.39 is 6.72 Å². The molecule has 1 heterocycles. The Morgan fingerprint density at radius 1 is 1.80 bits per heavy atom. The molecule has 0 bridgehead atoms. The summed E-state index contributed by atoms with van der Waals surface area (Å²) < 4.78 is 10.6. The summed E-state index contributed by atoms with van der Waals surface area (Å²) in [5.74, 6) is 0. The maximum atomic E-state index is 10.6. The van der Waals surface area contributed by atoms with E-state index in [0.29, 0.717) is 0 Å². The molecule has 0 aliphatic rings. The second-order valence-electron chi connectivity index (χ2n) is 1.85. The summed E-state index contributed by atoms with van der Waals surface area (Å²) in [5.41, 5.74) is 0. The maximum Gasteiger partial charge on any atom is 0.292 e. The average molecular weight is 197 g/mol. The molecule has 0 amide bonds. The predicted molar refractivity (Wildman–Crippen MR) is 43.7 cm³/mol. The molecule has 0 aliphatic carbocycles. The summed E-state index contributed by atoms with van der Waals surface area (Å²) in [5, 5.41) is 1.85. The van der Waals surface area contributed by atoms with Gasteiger partial charge in [-0.25, -0.2) is 0 Å². The molecule has 5 heteroatoms. The van der Waals surface area contributed by atoms with Crippen LogP contribution in [0, 0.1) is 0 Å². The van der Waals surface area contributed by atoms with Gasteiger partial charge in [-0.2, -0.15) is 0 Å². The van der Waals surface area contributed by atoms with Crippen LogP contribution >= 0.6 is 29.3 Å². The van der Waals surface area contributed by atoms with Crippen LogP contribution in [-0.2, 0) is 10.7 Å². The fourth-order valence-electron chi connectivity index (χ4n) is 0.595. The van der Waals surface area contributed by atoms with Crippen molar-refractivity contribution >= 4 is 29.3 Å². The monoisotopic (exact) mass is 196 g/mol. The Balaban J connectivity index is 2.66. The molecule has 1 N–H and O–H groups in total. The van der Waals surface area contributed by atoms with Crippen LogP contribution in [-0.4, -0.2) is 4.89 Å². The smallest absolute Gasteiger partial charge is 0.292 e. The van der Waals surface area contributed by atoms with Gasteiger partial charge in [-0.15, -0.1) is 11.3 Å². The van der Waals surface area contributed by atoms with Gasteiger partial charge in [0.15, 0.2) is 0 Å².